The van der Waals surface area contributed by atoms with Crippen molar-refractivity contribution in [1.82, 2.24) is 10.2 Å². The van der Waals surface area contributed by atoms with Gasteiger partial charge in [0.15, 0.2) is 0 Å². The maximum absolute atomic E-state index is 3.51. The third-order valence-electron chi connectivity index (χ3n) is 4.59. The molecule has 1 aromatic carbocycles. The number of benzene rings is 1. The highest BCUT2D eigenvalue weighted by molar-refractivity contribution is 5.37. The molecule has 0 unspecified atom stereocenters. The van der Waals surface area contributed by atoms with E-state index in [2.05, 4.69) is 41.4 Å². The summed E-state index contributed by atoms with van der Waals surface area (Å²) in [5, 5.41) is 3.51. The van der Waals surface area contributed by atoms with E-state index in [1.54, 1.807) is 11.1 Å². The molecular formula is C15H22N2. The Balaban J connectivity index is 2.07. The fourth-order valence-electron chi connectivity index (χ4n) is 3.72. The Morgan fingerprint density at radius 2 is 2.00 bits per heavy atom. The summed E-state index contributed by atoms with van der Waals surface area (Å²) in [7, 11) is 0. The summed E-state index contributed by atoms with van der Waals surface area (Å²) in [6.45, 7) is 7.02. The third kappa shape index (κ3) is 1.71. The number of fused-ring (bicyclic) bond motifs is 2. The number of piperidine rings is 1. The highest BCUT2D eigenvalue weighted by Crippen LogP contribution is 2.41. The zero-order chi connectivity index (χ0) is 11.7. The van der Waals surface area contributed by atoms with E-state index in [1.807, 2.05) is 0 Å². The number of hydrogen-bond acceptors (Lipinski definition) is 2. The summed E-state index contributed by atoms with van der Waals surface area (Å²) in [5.74, 6) is 0. The van der Waals surface area contributed by atoms with Crippen LogP contribution in [0.1, 0.15) is 30.9 Å². The van der Waals surface area contributed by atoms with Crippen LogP contribution in [0.3, 0.4) is 0 Å². The normalized spacial score (nSPS) is 23.6. The van der Waals surface area contributed by atoms with Gasteiger partial charge in [0.2, 0.25) is 0 Å². The van der Waals surface area contributed by atoms with Crippen LogP contribution in [0.5, 0.6) is 0 Å². The van der Waals surface area contributed by atoms with Crippen LogP contribution < -0.4 is 5.32 Å². The Kier molecular flexibility index (Phi) is 2.93. The molecule has 0 aromatic heterocycles. The first kappa shape index (κ1) is 11.2. The van der Waals surface area contributed by atoms with Crippen molar-refractivity contribution in [2.75, 3.05) is 26.2 Å². The molecule has 0 radical (unpaired) electrons. The van der Waals surface area contributed by atoms with Gasteiger partial charge in [-0.05, 0) is 50.0 Å². The average molecular weight is 230 g/mol. The Hall–Kier alpha value is -0.860. The minimum atomic E-state index is 0.328. The predicted molar refractivity (Wildman–Crippen MR) is 71.2 cm³/mol. The van der Waals surface area contributed by atoms with Gasteiger partial charge in [-0.2, -0.15) is 0 Å². The van der Waals surface area contributed by atoms with Crippen LogP contribution in [0, 0.1) is 0 Å². The molecule has 17 heavy (non-hydrogen) atoms. The molecule has 3 rings (SSSR count). The monoisotopic (exact) mass is 230 g/mol. The van der Waals surface area contributed by atoms with E-state index >= 15 is 0 Å². The van der Waals surface area contributed by atoms with Crippen molar-refractivity contribution < 1.29 is 0 Å². The maximum atomic E-state index is 3.51. The molecule has 2 nitrogen and oxygen atoms in total. The van der Waals surface area contributed by atoms with E-state index in [0.717, 1.165) is 13.1 Å². The van der Waals surface area contributed by atoms with Gasteiger partial charge in [-0.1, -0.05) is 31.2 Å². The Labute approximate surface area is 104 Å². The van der Waals surface area contributed by atoms with Crippen molar-refractivity contribution in [3.8, 4) is 0 Å². The number of rotatable bonds is 1. The first-order valence-corrected chi connectivity index (χ1v) is 6.91. The van der Waals surface area contributed by atoms with Crippen LogP contribution in [0.25, 0.3) is 0 Å². The number of likely N-dealkylation sites (N-methyl/N-ethyl adjacent to an activating group) is 1. The van der Waals surface area contributed by atoms with Crippen LogP contribution in [-0.2, 0) is 12.0 Å². The summed E-state index contributed by atoms with van der Waals surface area (Å²) in [4.78, 5) is 2.70. The fourth-order valence-corrected chi connectivity index (χ4v) is 3.72. The highest BCUT2D eigenvalue weighted by Gasteiger charge is 2.42. The second-order valence-electron chi connectivity index (χ2n) is 5.27. The molecule has 1 fully saturated rings. The molecule has 0 bridgehead atoms. The van der Waals surface area contributed by atoms with Crippen molar-refractivity contribution >= 4 is 0 Å². The Bertz CT molecular complexity index is 394. The van der Waals surface area contributed by atoms with Gasteiger partial charge in [0.1, 0.15) is 0 Å². The SMILES string of the molecule is CCN1CCc2ccccc2C12CCNCC2. The van der Waals surface area contributed by atoms with Gasteiger partial charge in [-0.15, -0.1) is 0 Å². The van der Waals surface area contributed by atoms with Crippen molar-refractivity contribution in [2.45, 2.75) is 31.7 Å². The number of nitrogens with zero attached hydrogens (tertiary/aromatic N) is 1. The second kappa shape index (κ2) is 4.43. The van der Waals surface area contributed by atoms with Crippen molar-refractivity contribution in [3.05, 3.63) is 35.4 Å². The van der Waals surface area contributed by atoms with Crippen molar-refractivity contribution in [3.63, 3.8) is 0 Å². The molecular weight excluding hydrogens is 208 g/mol. The summed E-state index contributed by atoms with van der Waals surface area (Å²) in [5.41, 5.74) is 3.52. The lowest BCUT2D eigenvalue weighted by Gasteiger charge is -2.50. The summed E-state index contributed by atoms with van der Waals surface area (Å²) in [6.07, 6.45) is 3.74. The fraction of sp³-hybridized carbons (Fsp3) is 0.600. The van der Waals surface area contributed by atoms with E-state index in [1.165, 1.54) is 32.4 Å². The molecule has 1 N–H and O–H groups in total. The van der Waals surface area contributed by atoms with Crippen molar-refractivity contribution in [2.24, 2.45) is 0 Å². The van der Waals surface area contributed by atoms with E-state index in [9.17, 15) is 0 Å². The number of hydrogen-bond donors (Lipinski definition) is 1. The zero-order valence-corrected chi connectivity index (χ0v) is 10.7. The highest BCUT2D eigenvalue weighted by atomic mass is 15.2. The molecule has 0 amide bonds. The molecule has 0 saturated carbocycles. The van der Waals surface area contributed by atoms with Crippen LogP contribution in [0.2, 0.25) is 0 Å². The van der Waals surface area contributed by atoms with Gasteiger partial charge in [0, 0.05) is 12.1 Å². The average Bonchev–Trinajstić information content (AvgIpc) is 2.41. The molecule has 0 aliphatic carbocycles. The Morgan fingerprint density at radius 3 is 2.76 bits per heavy atom. The molecule has 2 heterocycles. The first-order chi connectivity index (χ1) is 8.37. The standard InChI is InChI=1S/C15H22N2/c1-2-17-12-7-13-5-3-4-6-14(13)15(17)8-10-16-11-9-15/h3-6,16H,2,7-12H2,1H3. The largest absolute Gasteiger partial charge is 0.317 e. The maximum Gasteiger partial charge on any atom is 0.0487 e. The Morgan fingerprint density at radius 1 is 1.24 bits per heavy atom. The molecule has 1 spiro atoms. The van der Waals surface area contributed by atoms with Crippen LogP contribution >= 0.6 is 0 Å². The predicted octanol–water partition coefficient (Wildman–Crippen LogP) is 2.14. The molecule has 2 heteroatoms. The molecule has 0 atom stereocenters. The summed E-state index contributed by atoms with van der Waals surface area (Å²) >= 11 is 0. The zero-order valence-electron chi connectivity index (χ0n) is 10.7. The molecule has 1 aromatic rings. The topological polar surface area (TPSA) is 15.3 Å². The third-order valence-corrected chi connectivity index (χ3v) is 4.59. The second-order valence-corrected chi connectivity index (χ2v) is 5.27. The van der Waals surface area contributed by atoms with Gasteiger partial charge in [0.05, 0.1) is 0 Å². The van der Waals surface area contributed by atoms with Crippen molar-refractivity contribution in [1.29, 1.82) is 0 Å². The van der Waals surface area contributed by atoms with E-state index < -0.39 is 0 Å². The molecule has 2 aliphatic heterocycles. The van der Waals surface area contributed by atoms with E-state index in [0.29, 0.717) is 5.54 Å². The summed E-state index contributed by atoms with van der Waals surface area (Å²) in [6, 6.07) is 9.09. The lowest BCUT2D eigenvalue weighted by atomic mass is 9.74. The van der Waals surface area contributed by atoms with Gasteiger partial charge in [-0.25, -0.2) is 0 Å². The molecule has 1 saturated heterocycles. The van der Waals surface area contributed by atoms with Gasteiger partial charge in [0.25, 0.3) is 0 Å². The molecule has 92 valence electrons. The minimum absolute atomic E-state index is 0.328. The van der Waals surface area contributed by atoms with Gasteiger partial charge >= 0.3 is 0 Å². The molecule has 2 aliphatic rings. The first-order valence-electron chi connectivity index (χ1n) is 6.91. The van der Waals surface area contributed by atoms with Gasteiger partial charge < -0.3 is 5.32 Å². The quantitative estimate of drug-likeness (QED) is 0.795. The van der Waals surface area contributed by atoms with Crippen LogP contribution in [0.15, 0.2) is 24.3 Å². The van der Waals surface area contributed by atoms with E-state index in [-0.39, 0.29) is 0 Å². The van der Waals surface area contributed by atoms with Gasteiger partial charge in [-0.3, -0.25) is 4.90 Å². The van der Waals surface area contributed by atoms with Crippen LogP contribution in [0.4, 0.5) is 0 Å². The summed E-state index contributed by atoms with van der Waals surface area (Å²) < 4.78 is 0. The smallest absolute Gasteiger partial charge is 0.0487 e. The lowest BCUT2D eigenvalue weighted by Crippen LogP contribution is -2.55. The number of nitrogens with one attached hydrogen (secondary N) is 1. The lowest BCUT2D eigenvalue weighted by molar-refractivity contribution is 0.0480. The van der Waals surface area contributed by atoms with E-state index in [4.69, 9.17) is 0 Å². The van der Waals surface area contributed by atoms with Crippen LogP contribution in [-0.4, -0.2) is 31.1 Å². The minimum Gasteiger partial charge on any atom is -0.317 e.